The lowest BCUT2D eigenvalue weighted by Gasteiger charge is -2.03. The predicted octanol–water partition coefficient (Wildman–Crippen LogP) is 0.834. The molecule has 0 atom stereocenters. The summed E-state index contributed by atoms with van der Waals surface area (Å²) in [5, 5.41) is 14.2. The molecule has 0 aliphatic rings. The number of benzene rings is 1. The van der Waals surface area contributed by atoms with E-state index in [4.69, 9.17) is 16.7 Å². The Bertz CT molecular complexity index is 416. The highest BCUT2D eigenvalue weighted by Crippen LogP contribution is 2.27. The van der Waals surface area contributed by atoms with E-state index in [0.717, 1.165) is 0 Å². The van der Waals surface area contributed by atoms with E-state index < -0.39 is 15.8 Å². The lowest BCUT2D eigenvalue weighted by Crippen LogP contribution is -2.14. The van der Waals surface area contributed by atoms with Crippen LogP contribution in [0.2, 0.25) is 5.02 Å². The van der Waals surface area contributed by atoms with Crippen LogP contribution in [0.25, 0.3) is 0 Å². The van der Waals surface area contributed by atoms with Crippen LogP contribution in [0.5, 0.6) is 5.75 Å². The number of hydrogen-bond acceptors (Lipinski definition) is 3. The van der Waals surface area contributed by atoms with Gasteiger partial charge in [0.15, 0.2) is 0 Å². The highest BCUT2D eigenvalue weighted by Gasteiger charge is 2.10. The van der Waals surface area contributed by atoms with Crippen molar-refractivity contribution in [3.63, 3.8) is 0 Å². The van der Waals surface area contributed by atoms with Gasteiger partial charge in [0, 0.05) is 5.56 Å². The molecule has 0 aliphatic heterocycles. The lowest BCUT2D eigenvalue weighted by atomic mass is 10.2. The van der Waals surface area contributed by atoms with Gasteiger partial charge in [0.1, 0.15) is 5.75 Å². The Hall–Kier alpha value is -0.780. The number of phenols is 1. The smallest absolute Gasteiger partial charge is 0.213 e. The molecule has 0 aromatic heterocycles. The number of para-hydroxylation sites is 1. The molecule has 0 heterocycles. The van der Waals surface area contributed by atoms with Crippen LogP contribution in [0.15, 0.2) is 18.2 Å². The minimum atomic E-state index is -3.64. The highest BCUT2D eigenvalue weighted by atomic mass is 35.5. The molecule has 0 saturated carbocycles. The van der Waals surface area contributed by atoms with Crippen molar-refractivity contribution >= 4 is 21.6 Å². The molecular weight excluding hydrogens is 214 g/mol. The molecule has 1 aromatic rings. The van der Waals surface area contributed by atoms with Gasteiger partial charge in [0.05, 0.1) is 10.8 Å². The zero-order valence-corrected chi connectivity index (χ0v) is 8.14. The standard InChI is InChI=1S/C7H8ClNO3S/c8-6-3-1-2-5(7(6)10)4-13(9,11)12/h1-3,10H,4H2,(H2,9,11,12). The van der Waals surface area contributed by atoms with Gasteiger partial charge in [-0.25, -0.2) is 13.6 Å². The van der Waals surface area contributed by atoms with E-state index in [-0.39, 0.29) is 16.3 Å². The number of sulfonamides is 1. The van der Waals surface area contributed by atoms with Crippen LogP contribution in [0.1, 0.15) is 5.56 Å². The third kappa shape index (κ3) is 2.87. The van der Waals surface area contributed by atoms with Crippen molar-refractivity contribution in [2.45, 2.75) is 5.75 Å². The summed E-state index contributed by atoms with van der Waals surface area (Å²) < 4.78 is 21.4. The second-order valence-corrected chi connectivity index (χ2v) is 4.58. The van der Waals surface area contributed by atoms with Crippen molar-refractivity contribution in [3.05, 3.63) is 28.8 Å². The summed E-state index contributed by atoms with van der Waals surface area (Å²) in [4.78, 5) is 0. The van der Waals surface area contributed by atoms with Crippen molar-refractivity contribution in [1.82, 2.24) is 0 Å². The molecular formula is C7H8ClNO3S. The van der Waals surface area contributed by atoms with Crippen molar-refractivity contribution in [3.8, 4) is 5.75 Å². The molecule has 0 amide bonds. The number of rotatable bonds is 2. The van der Waals surface area contributed by atoms with E-state index in [9.17, 15) is 13.5 Å². The summed E-state index contributed by atoms with van der Waals surface area (Å²) in [5.74, 6) is -0.655. The van der Waals surface area contributed by atoms with Gasteiger partial charge >= 0.3 is 0 Å². The van der Waals surface area contributed by atoms with Gasteiger partial charge < -0.3 is 5.11 Å². The minimum Gasteiger partial charge on any atom is -0.506 e. The molecule has 0 aliphatic carbocycles. The van der Waals surface area contributed by atoms with Gasteiger partial charge in [-0.3, -0.25) is 0 Å². The van der Waals surface area contributed by atoms with Gasteiger partial charge in [-0.05, 0) is 6.07 Å². The van der Waals surface area contributed by atoms with Gasteiger partial charge in [0.2, 0.25) is 10.0 Å². The minimum absolute atomic E-state index is 0.112. The Morgan fingerprint density at radius 1 is 1.46 bits per heavy atom. The first-order valence-electron chi connectivity index (χ1n) is 3.37. The van der Waals surface area contributed by atoms with E-state index in [1.165, 1.54) is 12.1 Å². The number of phenolic OH excluding ortho intramolecular Hbond substituents is 1. The second-order valence-electron chi connectivity index (χ2n) is 2.55. The topological polar surface area (TPSA) is 80.4 Å². The molecule has 1 aromatic carbocycles. The molecule has 6 heteroatoms. The summed E-state index contributed by atoms with van der Waals surface area (Å²) in [6.07, 6.45) is 0. The van der Waals surface area contributed by atoms with Gasteiger partial charge in [0.25, 0.3) is 0 Å². The summed E-state index contributed by atoms with van der Waals surface area (Å²) in [6.45, 7) is 0. The van der Waals surface area contributed by atoms with Crippen molar-refractivity contribution in [2.24, 2.45) is 5.14 Å². The number of halogens is 1. The van der Waals surface area contributed by atoms with Crippen molar-refractivity contribution in [2.75, 3.05) is 0 Å². The Kier molecular flexibility index (Phi) is 2.80. The van der Waals surface area contributed by atoms with Crippen LogP contribution in [-0.4, -0.2) is 13.5 Å². The van der Waals surface area contributed by atoms with Gasteiger partial charge in [-0.15, -0.1) is 0 Å². The number of aromatic hydroxyl groups is 1. The first-order valence-corrected chi connectivity index (χ1v) is 5.46. The molecule has 0 fully saturated rings. The molecule has 3 N–H and O–H groups in total. The summed E-state index contributed by atoms with van der Waals surface area (Å²) >= 11 is 5.56. The molecule has 0 unspecified atom stereocenters. The zero-order valence-electron chi connectivity index (χ0n) is 6.57. The Morgan fingerprint density at radius 3 is 2.62 bits per heavy atom. The maximum atomic E-state index is 10.7. The average molecular weight is 222 g/mol. The molecule has 1 rings (SSSR count). The molecule has 13 heavy (non-hydrogen) atoms. The fourth-order valence-electron chi connectivity index (χ4n) is 0.893. The maximum absolute atomic E-state index is 10.7. The number of primary sulfonamides is 1. The summed E-state index contributed by atoms with van der Waals surface area (Å²) in [6, 6.07) is 4.46. The van der Waals surface area contributed by atoms with Crippen LogP contribution in [-0.2, 0) is 15.8 Å². The van der Waals surface area contributed by atoms with E-state index in [0.29, 0.717) is 0 Å². The second kappa shape index (κ2) is 3.53. The van der Waals surface area contributed by atoms with Crippen LogP contribution >= 0.6 is 11.6 Å². The molecule has 72 valence electrons. The van der Waals surface area contributed by atoms with Crippen molar-refractivity contribution < 1.29 is 13.5 Å². The number of nitrogens with two attached hydrogens (primary N) is 1. The first-order chi connectivity index (χ1) is 5.90. The highest BCUT2D eigenvalue weighted by molar-refractivity contribution is 7.88. The monoisotopic (exact) mass is 221 g/mol. The van der Waals surface area contributed by atoms with Crippen LogP contribution in [0, 0.1) is 0 Å². The number of hydrogen-bond donors (Lipinski definition) is 2. The zero-order chi connectivity index (χ0) is 10.1. The van der Waals surface area contributed by atoms with E-state index in [1.807, 2.05) is 0 Å². The van der Waals surface area contributed by atoms with Crippen LogP contribution < -0.4 is 5.14 Å². The molecule has 4 nitrogen and oxygen atoms in total. The Labute approximate surface area is 81.0 Å². The Balaban J connectivity index is 3.10. The normalized spacial score (nSPS) is 11.5. The predicted molar refractivity (Wildman–Crippen MR) is 49.9 cm³/mol. The molecule has 0 bridgehead atoms. The molecule has 0 radical (unpaired) electrons. The van der Waals surface area contributed by atoms with E-state index >= 15 is 0 Å². The largest absolute Gasteiger partial charge is 0.506 e. The van der Waals surface area contributed by atoms with E-state index in [2.05, 4.69) is 0 Å². The Morgan fingerprint density at radius 2 is 2.08 bits per heavy atom. The third-order valence-corrected chi connectivity index (χ3v) is 2.45. The quantitative estimate of drug-likeness (QED) is 0.777. The SMILES string of the molecule is NS(=O)(=O)Cc1cccc(Cl)c1O. The van der Waals surface area contributed by atoms with Crippen molar-refractivity contribution in [1.29, 1.82) is 0 Å². The molecule has 0 saturated heterocycles. The van der Waals surface area contributed by atoms with Crippen LogP contribution in [0.4, 0.5) is 0 Å². The fourth-order valence-corrected chi connectivity index (χ4v) is 1.75. The van der Waals surface area contributed by atoms with Crippen LogP contribution in [0.3, 0.4) is 0 Å². The first kappa shape index (κ1) is 10.3. The maximum Gasteiger partial charge on any atom is 0.213 e. The van der Waals surface area contributed by atoms with Gasteiger partial charge in [-0.2, -0.15) is 0 Å². The fraction of sp³-hybridized carbons (Fsp3) is 0.143. The van der Waals surface area contributed by atoms with Gasteiger partial charge in [-0.1, -0.05) is 23.7 Å². The van der Waals surface area contributed by atoms with E-state index in [1.54, 1.807) is 6.07 Å². The third-order valence-electron chi connectivity index (χ3n) is 1.43. The molecule has 0 spiro atoms. The average Bonchev–Trinajstić information content (AvgIpc) is 1.96. The lowest BCUT2D eigenvalue weighted by molar-refractivity contribution is 0.470. The summed E-state index contributed by atoms with van der Waals surface area (Å²) in [7, 11) is -3.64. The summed E-state index contributed by atoms with van der Waals surface area (Å²) in [5.41, 5.74) is 0.204.